The third-order valence-corrected chi connectivity index (χ3v) is 8.03. The fraction of sp³-hybridized carbons (Fsp3) is 0.423. The van der Waals surface area contributed by atoms with Gasteiger partial charge in [-0.2, -0.15) is 10.4 Å². The van der Waals surface area contributed by atoms with E-state index in [0.29, 0.717) is 34.6 Å². The zero-order valence-corrected chi connectivity index (χ0v) is 21.2. The van der Waals surface area contributed by atoms with E-state index in [2.05, 4.69) is 31.9 Å². The number of nitrogens with one attached hydrogen (secondary N) is 1. The van der Waals surface area contributed by atoms with Crippen molar-refractivity contribution in [3.05, 3.63) is 63.6 Å². The van der Waals surface area contributed by atoms with E-state index < -0.39 is 0 Å². The molecule has 3 aliphatic rings. The summed E-state index contributed by atoms with van der Waals surface area (Å²) in [7, 11) is 0. The minimum atomic E-state index is -0.294. The van der Waals surface area contributed by atoms with Gasteiger partial charge in [0, 0.05) is 23.5 Å². The molecule has 1 aromatic carbocycles. The molecule has 188 valence electrons. The van der Waals surface area contributed by atoms with Crippen molar-refractivity contribution < 1.29 is 9.59 Å². The number of carbonyl (C=O) groups excluding carboxylic acids is 2. The number of nitriles is 1. The lowest BCUT2D eigenvalue weighted by molar-refractivity contribution is -0.118. The van der Waals surface area contributed by atoms with E-state index >= 15 is 0 Å². The van der Waals surface area contributed by atoms with Crippen molar-refractivity contribution in [2.75, 3.05) is 11.4 Å². The van der Waals surface area contributed by atoms with Crippen LogP contribution in [0.25, 0.3) is 0 Å². The molecule has 3 atom stereocenters. The van der Waals surface area contributed by atoms with Gasteiger partial charge in [0.1, 0.15) is 0 Å². The summed E-state index contributed by atoms with van der Waals surface area (Å²) in [4.78, 5) is 26.9. The van der Waals surface area contributed by atoms with E-state index in [9.17, 15) is 14.9 Å². The van der Waals surface area contributed by atoms with Crippen molar-refractivity contribution in [2.45, 2.75) is 51.1 Å². The van der Waals surface area contributed by atoms with Crippen LogP contribution in [-0.2, 0) is 4.79 Å². The van der Waals surface area contributed by atoms with Crippen molar-refractivity contribution in [3.63, 3.8) is 0 Å². The number of aryl methyl sites for hydroxylation is 1. The predicted octanol–water partition coefficient (Wildman–Crippen LogP) is 3.17. The topological polar surface area (TPSA) is 130 Å². The van der Waals surface area contributed by atoms with Gasteiger partial charge in [-0.05, 0) is 80.3 Å². The number of piperidine rings is 1. The second-order valence-electron chi connectivity index (χ2n) is 10.3. The molecule has 0 radical (unpaired) electrons. The third-order valence-electron chi connectivity index (χ3n) is 7.79. The average Bonchev–Trinajstić information content (AvgIpc) is 3.31. The minimum absolute atomic E-state index is 0.00871. The van der Waals surface area contributed by atoms with E-state index in [1.807, 2.05) is 26.0 Å². The van der Waals surface area contributed by atoms with Gasteiger partial charge in [0.25, 0.3) is 5.91 Å². The summed E-state index contributed by atoms with van der Waals surface area (Å²) in [6, 6.07) is 9.07. The van der Waals surface area contributed by atoms with Crippen LogP contribution >= 0.6 is 11.6 Å². The zero-order valence-electron chi connectivity index (χ0n) is 20.4. The molecule has 1 unspecified atom stereocenters. The molecule has 1 saturated heterocycles. The van der Waals surface area contributed by atoms with Crippen LogP contribution in [0.3, 0.4) is 0 Å². The molecule has 0 bridgehead atoms. The van der Waals surface area contributed by atoms with Crippen molar-refractivity contribution in [3.8, 4) is 6.07 Å². The van der Waals surface area contributed by atoms with E-state index in [-0.39, 0.29) is 41.4 Å². The summed E-state index contributed by atoms with van der Waals surface area (Å²) in [5.41, 5.74) is 3.36. The van der Waals surface area contributed by atoms with Crippen LogP contribution in [0.1, 0.15) is 71.0 Å². The maximum absolute atomic E-state index is 12.8. The number of fused-ring (bicyclic) bond motifs is 1. The Bertz CT molecular complexity index is 1460. The zero-order chi connectivity index (χ0) is 25.8. The predicted molar refractivity (Wildman–Crippen MR) is 134 cm³/mol. The molecule has 3 heterocycles. The van der Waals surface area contributed by atoms with E-state index in [1.165, 1.54) is 0 Å². The van der Waals surface area contributed by atoms with Gasteiger partial charge in [0.2, 0.25) is 5.91 Å². The van der Waals surface area contributed by atoms with E-state index in [4.69, 9.17) is 11.6 Å². The number of benzene rings is 1. The van der Waals surface area contributed by atoms with Gasteiger partial charge in [-0.25, -0.2) is 4.68 Å². The molecule has 6 rings (SSSR count). The molecular formula is C26H25ClN8O2. The first-order chi connectivity index (χ1) is 17.8. The fourth-order valence-electron chi connectivity index (χ4n) is 5.43. The van der Waals surface area contributed by atoms with Gasteiger partial charge in [-0.15, -0.1) is 10.2 Å². The largest absolute Gasteiger partial charge is 0.348 e. The molecule has 1 aliphatic heterocycles. The highest BCUT2D eigenvalue weighted by atomic mass is 35.5. The molecule has 11 heteroatoms. The minimum Gasteiger partial charge on any atom is -0.348 e. The van der Waals surface area contributed by atoms with E-state index in [1.54, 1.807) is 27.9 Å². The SMILES string of the molecule is Cc1cc(N2C[C@H]3C[C@H]3C2=O)nnc1C(C)n1cc(C(=O)NC2CC(c3cc(Cl)ccc3C#N)C2)nn1. The number of anilines is 1. The number of hydrogen-bond acceptors (Lipinski definition) is 7. The molecule has 2 saturated carbocycles. The Balaban J connectivity index is 1.08. The number of amides is 2. The Labute approximate surface area is 218 Å². The van der Waals surface area contributed by atoms with Crippen LogP contribution in [0.5, 0.6) is 0 Å². The number of hydrogen-bond donors (Lipinski definition) is 1. The number of halogens is 1. The summed E-state index contributed by atoms with van der Waals surface area (Å²) >= 11 is 6.11. The van der Waals surface area contributed by atoms with Gasteiger partial charge in [-0.1, -0.05) is 16.8 Å². The molecule has 1 N–H and O–H groups in total. The van der Waals surface area contributed by atoms with Gasteiger partial charge >= 0.3 is 0 Å². The molecule has 10 nitrogen and oxygen atoms in total. The molecule has 3 fully saturated rings. The number of nitrogens with zero attached hydrogens (tertiary/aromatic N) is 7. The summed E-state index contributed by atoms with van der Waals surface area (Å²) in [5.74, 6) is 1.24. The first kappa shape index (κ1) is 23.6. The van der Waals surface area contributed by atoms with Crippen LogP contribution in [0, 0.1) is 30.1 Å². The first-order valence-corrected chi connectivity index (χ1v) is 12.8. The smallest absolute Gasteiger partial charge is 0.273 e. The molecule has 3 aromatic rings. The van der Waals surface area contributed by atoms with Crippen LogP contribution in [0.4, 0.5) is 5.82 Å². The van der Waals surface area contributed by atoms with Crippen LogP contribution < -0.4 is 10.2 Å². The van der Waals surface area contributed by atoms with Gasteiger partial charge < -0.3 is 5.32 Å². The lowest BCUT2D eigenvalue weighted by Crippen LogP contribution is -2.43. The summed E-state index contributed by atoms with van der Waals surface area (Å²) in [6.45, 7) is 4.56. The second-order valence-corrected chi connectivity index (χ2v) is 10.7. The lowest BCUT2D eigenvalue weighted by Gasteiger charge is -2.36. The summed E-state index contributed by atoms with van der Waals surface area (Å²) in [5, 5.41) is 29.9. The number of carbonyl (C=O) groups is 2. The molecule has 0 spiro atoms. The standard InChI is InChI=1S/C26H25ClN8O2/c1-13-5-23(34-11-17-8-21(17)26(34)37)31-32-24(13)14(2)35-12-22(30-33-35)25(36)29-19-6-16(7-19)20-9-18(27)4-3-15(20)10-28/h3-5,9,12,14,16-17,19,21H,6-8,11H2,1-2H3,(H,29,36)/t14?,16?,17-,19?,21-/m1/s1. The highest BCUT2D eigenvalue weighted by molar-refractivity contribution is 6.30. The van der Waals surface area contributed by atoms with Gasteiger partial charge in [0.05, 0.1) is 29.6 Å². The Morgan fingerprint density at radius 3 is 2.73 bits per heavy atom. The number of rotatable bonds is 6. The van der Waals surface area contributed by atoms with Gasteiger partial charge in [-0.3, -0.25) is 14.5 Å². The Morgan fingerprint density at radius 1 is 1.22 bits per heavy atom. The van der Waals surface area contributed by atoms with Crippen LogP contribution in [0.15, 0.2) is 30.5 Å². The maximum atomic E-state index is 12.8. The molecule has 2 aromatic heterocycles. The maximum Gasteiger partial charge on any atom is 0.273 e. The summed E-state index contributed by atoms with van der Waals surface area (Å²) in [6.07, 6.45) is 4.05. The van der Waals surface area contributed by atoms with Crippen molar-refractivity contribution in [1.29, 1.82) is 5.26 Å². The highest BCUT2D eigenvalue weighted by Gasteiger charge is 2.53. The quantitative estimate of drug-likeness (QED) is 0.532. The Morgan fingerprint density at radius 2 is 2.03 bits per heavy atom. The van der Waals surface area contributed by atoms with Crippen molar-refractivity contribution >= 4 is 29.2 Å². The van der Waals surface area contributed by atoms with Crippen molar-refractivity contribution in [1.82, 2.24) is 30.5 Å². The van der Waals surface area contributed by atoms with Crippen LogP contribution in [0.2, 0.25) is 5.02 Å². The fourth-order valence-corrected chi connectivity index (χ4v) is 5.61. The normalized spacial score (nSPS) is 24.7. The van der Waals surface area contributed by atoms with Crippen molar-refractivity contribution in [2.24, 2.45) is 11.8 Å². The highest BCUT2D eigenvalue weighted by Crippen LogP contribution is 2.47. The Hall–Kier alpha value is -3.84. The molecular weight excluding hydrogens is 492 g/mol. The lowest BCUT2D eigenvalue weighted by atomic mass is 9.74. The van der Waals surface area contributed by atoms with E-state index in [0.717, 1.165) is 30.4 Å². The third kappa shape index (κ3) is 4.23. The monoisotopic (exact) mass is 516 g/mol. The Kier molecular flexibility index (Phi) is 5.68. The summed E-state index contributed by atoms with van der Waals surface area (Å²) < 4.78 is 1.59. The number of aromatic nitrogens is 5. The molecule has 2 amide bonds. The second kappa shape index (κ2) is 8.92. The van der Waals surface area contributed by atoms with Crippen LogP contribution in [-0.4, -0.2) is 49.6 Å². The average molecular weight is 517 g/mol. The molecule has 2 aliphatic carbocycles. The molecule has 37 heavy (non-hydrogen) atoms. The van der Waals surface area contributed by atoms with Gasteiger partial charge in [0.15, 0.2) is 11.5 Å². The first-order valence-electron chi connectivity index (χ1n) is 12.4.